The number of piperidine rings is 1. The molecule has 0 saturated carbocycles. The van der Waals surface area contributed by atoms with E-state index >= 15 is 0 Å². The van der Waals surface area contributed by atoms with Gasteiger partial charge in [-0.3, -0.25) is 0 Å². The molecular formula is C9H14BrNO2. The van der Waals surface area contributed by atoms with Crippen molar-refractivity contribution in [2.75, 3.05) is 18.4 Å². The minimum Gasteiger partial charge on any atom is -0.364 e. The van der Waals surface area contributed by atoms with Crippen LogP contribution in [-0.2, 0) is 9.63 Å². The monoisotopic (exact) mass is 247 g/mol. The summed E-state index contributed by atoms with van der Waals surface area (Å²) in [5.74, 6) is -0.277. The van der Waals surface area contributed by atoms with Crippen LogP contribution in [0, 0.1) is 0 Å². The summed E-state index contributed by atoms with van der Waals surface area (Å²) in [5.41, 5.74) is 0. The van der Waals surface area contributed by atoms with Gasteiger partial charge in [0.15, 0.2) is 0 Å². The highest BCUT2D eigenvalue weighted by molar-refractivity contribution is 9.09. The molecule has 0 aromatic rings. The first-order valence-corrected chi connectivity index (χ1v) is 5.64. The van der Waals surface area contributed by atoms with Crippen molar-refractivity contribution in [2.45, 2.75) is 19.3 Å². The second kappa shape index (κ2) is 6.16. The van der Waals surface area contributed by atoms with Crippen LogP contribution in [0.4, 0.5) is 0 Å². The van der Waals surface area contributed by atoms with E-state index in [0.717, 1.165) is 25.9 Å². The van der Waals surface area contributed by atoms with Crippen LogP contribution in [0.25, 0.3) is 0 Å². The molecule has 4 heteroatoms. The Labute approximate surface area is 86.8 Å². The number of nitrogens with zero attached hydrogens (tertiary/aromatic N) is 1. The summed E-state index contributed by atoms with van der Waals surface area (Å²) in [7, 11) is 0. The lowest BCUT2D eigenvalue weighted by molar-refractivity contribution is -0.187. The minimum atomic E-state index is -0.277. The van der Waals surface area contributed by atoms with Crippen LogP contribution in [0.5, 0.6) is 0 Å². The van der Waals surface area contributed by atoms with Crippen LogP contribution in [0.1, 0.15) is 19.3 Å². The number of rotatable bonds is 3. The minimum absolute atomic E-state index is 0.277. The van der Waals surface area contributed by atoms with Crippen LogP contribution >= 0.6 is 15.9 Å². The Bertz CT molecular complexity index is 188. The summed E-state index contributed by atoms with van der Waals surface area (Å²) in [4.78, 5) is 16.2. The molecule has 1 fully saturated rings. The third kappa shape index (κ3) is 4.43. The van der Waals surface area contributed by atoms with Gasteiger partial charge >= 0.3 is 5.97 Å². The summed E-state index contributed by atoms with van der Waals surface area (Å²) in [6.45, 7) is 1.74. The van der Waals surface area contributed by atoms with Gasteiger partial charge in [0.25, 0.3) is 0 Å². The summed E-state index contributed by atoms with van der Waals surface area (Å²) in [6, 6.07) is 0. The average molecular weight is 248 g/mol. The van der Waals surface area contributed by atoms with E-state index in [1.807, 2.05) is 0 Å². The molecular weight excluding hydrogens is 234 g/mol. The fourth-order valence-corrected chi connectivity index (χ4v) is 1.44. The Balaban J connectivity index is 2.22. The van der Waals surface area contributed by atoms with Gasteiger partial charge in [-0.15, -0.1) is 5.06 Å². The molecule has 1 saturated heterocycles. The van der Waals surface area contributed by atoms with Crippen LogP contribution in [0.15, 0.2) is 12.2 Å². The molecule has 74 valence electrons. The highest BCUT2D eigenvalue weighted by Crippen LogP contribution is 2.08. The summed E-state index contributed by atoms with van der Waals surface area (Å²) < 4.78 is 0. The van der Waals surface area contributed by atoms with Crippen molar-refractivity contribution in [3.63, 3.8) is 0 Å². The standard InChI is InChI=1S/C9H14BrNO2/c10-6-4-5-9(12)13-11-7-2-1-3-8-11/h4-5H,1-3,6-8H2/b5-4+. The smallest absolute Gasteiger partial charge is 0.349 e. The van der Waals surface area contributed by atoms with Crippen molar-refractivity contribution in [1.29, 1.82) is 0 Å². The molecule has 1 rings (SSSR count). The lowest BCUT2D eigenvalue weighted by Crippen LogP contribution is -2.31. The van der Waals surface area contributed by atoms with Crippen molar-refractivity contribution in [1.82, 2.24) is 5.06 Å². The molecule has 0 radical (unpaired) electrons. The fourth-order valence-electron chi connectivity index (χ4n) is 1.25. The molecule has 0 atom stereocenters. The number of hydrogen-bond donors (Lipinski definition) is 0. The maximum absolute atomic E-state index is 11.1. The van der Waals surface area contributed by atoms with E-state index in [-0.39, 0.29) is 5.97 Å². The molecule has 0 aromatic carbocycles. The highest BCUT2D eigenvalue weighted by Gasteiger charge is 2.12. The number of hydroxylamine groups is 2. The zero-order valence-electron chi connectivity index (χ0n) is 7.54. The number of alkyl halides is 1. The second-order valence-electron chi connectivity index (χ2n) is 2.96. The third-order valence-corrected chi connectivity index (χ3v) is 2.25. The Morgan fingerprint density at radius 1 is 1.38 bits per heavy atom. The molecule has 0 aromatic heterocycles. The maximum atomic E-state index is 11.1. The fraction of sp³-hybridized carbons (Fsp3) is 0.667. The summed E-state index contributed by atoms with van der Waals surface area (Å²) in [5, 5.41) is 2.42. The second-order valence-corrected chi connectivity index (χ2v) is 3.60. The van der Waals surface area contributed by atoms with Crippen LogP contribution in [0.2, 0.25) is 0 Å². The van der Waals surface area contributed by atoms with Gasteiger partial charge in [0, 0.05) is 24.5 Å². The highest BCUT2D eigenvalue weighted by atomic mass is 79.9. The first-order valence-electron chi connectivity index (χ1n) is 4.52. The molecule has 0 N–H and O–H groups in total. The van der Waals surface area contributed by atoms with Crippen molar-refractivity contribution < 1.29 is 9.63 Å². The Morgan fingerprint density at radius 3 is 2.69 bits per heavy atom. The van der Waals surface area contributed by atoms with Crippen molar-refractivity contribution in [2.24, 2.45) is 0 Å². The molecule has 0 aliphatic carbocycles. The van der Waals surface area contributed by atoms with E-state index in [4.69, 9.17) is 4.84 Å². The van der Waals surface area contributed by atoms with Crippen LogP contribution in [0.3, 0.4) is 0 Å². The van der Waals surface area contributed by atoms with E-state index in [1.165, 1.54) is 12.5 Å². The van der Waals surface area contributed by atoms with Gasteiger partial charge in [0.2, 0.25) is 0 Å². The number of allylic oxidation sites excluding steroid dienone is 1. The quantitative estimate of drug-likeness (QED) is 0.564. The average Bonchev–Trinajstić information content (AvgIpc) is 2.16. The van der Waals surface area contributed by atoms with Gasteiger partial charge in [-0.1, -0.05) is 28.4 Å². The molecule has 0 amide bonds. The van der Waals surface area contributed by atoms with Gasteiger partial charge < -0.3 is 4.84 Å². The Morgan fingerprint density at radius 2 is 2.08 bits per heavy atom. The van der Waals surface area contributed by atoms with Gasteiger partial charge in [-0.05, 0) is 12.8 Å². The van der Waals surface area contributed by atoms with Crippen molar-refractivity contribution in [3.8, 4) is 0 Å². The van der Waals surface area contributed by atoms with E-state index < -0.39 is 0 Å². The molecule has 1 aliphatic heterocycles. The van der Waals surface area contributed by atoms with Crippen LogP contribution in [-0.4, -0.2) is 29.5 Å². The lowest BCUT2D eigenvalue weighted by atomic mass is 10.2. The first-order chi connectivity index (χ1) is 6.33. The Hall–Kier alpha value is -0.350. The molecule has 1 aliphatic rings. The largest absolute Gasteiger partial charge is 0.364 e. The van der Waals surface area contributed by atoms with Gasteiger partial charge in [-0.2, -0.15) is 0 Å². The molecule has 13 heavy (non-hydrogen) atoms. The predicted molar refractivity (Wildman–Crippen MR) is 54.5 cm³/mol. The van der Waals surface area contributed by atoms with Crippen molar-refractivity contribution >= 4 is 21.9 Å². The van der Waals surface area contributed by atoms with E-state index in [9.17, 15) is 4.79 Å². The molecule has 1 heterocycles. The summed E-state index contributed by atoms with van der Waals surface area (Å²) >= 11 is 3.19. The summed E-state index contributed by atoms with van der Waals surface area (Å²) in [6.07, 6.45) is 6.66. The molecule has 0 spiro atoms. The zero-order valence-corrected chi connectivity index (χ0v) is 9.13. The number of carbonyl (C=O) groups is 1. The Kier molecular flexibility index (Phi) is 5.08. The SMILES string of the molecule is O=C(/C=C/CBr)ON1CCCCC1. The molecule has 0 unspecified atom stereocenters. The number of halogens is 1. The van der Waals surface area contributed by atoms with Crippen LogP contribution < -0.4 is 0 Å². The molecule has 3 nitrogen and oxygen atoms in total. The normalized spacial score (nSPS) is 19.2. The van der Waals surface area contributed by atoms with Gasteiger partial charge in [0.1, 0.15) is 0 Å². The number of hydrogen-bond acceptors (Lipinski definition) is 3. The van der Waals surface area contributed by atoms with E-state index in [2.05, 4.69) is 15.9 Å². The van der Waals surface area contributed by atoms with Gasteiger partial charge in [0.05, 0.1) is 0 Å². The lowest BCUT2D eigenvalue weighted by Gasteiger charge is -2.24. The predicted octanol–water partition coefficient (Wildman–Crippen LogP) is 1.88. The number of carbonyl (C=O) groups excluding carboxylic acids is 1. The van der Waals surface area contributed by atoms with E-state index in [0.29, 0.717) is 5.33 Å². The van der Waals surface area contributed by atoms with Gasteiger partial charge in [-0.25, -0.2) is 4.79 Å². The third-order valence-electron chi connectivity index (χ3n) is 1.88. The molecule has 0 bridgehead atoms. The zero-order chi connectivity index (χ0) is 9.52. The maximum Gasteiger partial charge on any atom is 0.349 e. The van der Waals surface area contributed by atoms with Crippen molar-refractivity contribution in [3.05, 3.63) is 12.2 Å². The topological polar surface area (TPSA) is 29.5 Å². The van der Waals surface area contributed by atoms with E-state index in [1.54, 1.807) is 11.1 Å². The first kappa shape index (κ1) is 10.7.